The number of hydrogen-bond acceptors (Lipinski definition) is 3. The quantitative estimate of drug-likeness (QED) is 0.400. The summed E-state index contributed by atoms with van der Waals surface area (Å²) in [6.45, 7) is 4.39. The lowest BCUT2D eigenvalue weighted by molar-refractivity contribution is 0.125. The van der Waals surface area contributed by atoms with Crippen molar-refractivity contribution in [3.8, 4) is 0 Å². The Balaban J connectivity index is 2.96. The Morgan fingerprint density at radius 3 is 1.19 bits per heavy atom. The van der Waals surface area contributed by atoms with Gasteiger partial charge in [-0.15, -0.1) is 0 Å². The second kappa shape index (κ2) is 16.3. The first-order valence-corrected chi connectivity index (χ1v) is 9.00. The Bertz CT molecular complexity index is 176. The number of rotatable bonds is 16. The van der Waals surface area contributed by atoms with Crippen LogP contribution >= 0.6 is 0 Å². The molecule has 3 heteroatoms. The minimum atomic E-state index is 0.967. The maximum absolute atomic E-state index is 5.71. The Hall–Kier alpha value is -0.120. The van der Waals surface area contributed by atoms with Crippen LogP contribution in [-0.2, 0) is 4.74 Å². The standard InChI is InChI=1S/C18H40N2O/c1-19(2)15-11-7-5-9-13-17-21-18-14-10-6-8-12-16-20(3)4/h5-18H2,1-4H3. The SMILES string of the molecule is CN(C)CCCCCCCOCCCCCCCN(C)C. The molecule has 0 saturated carbocycles. The Labute approximate surface area is 134 Å². The second-order valence-corrected chi connectivity index (χ2v) is 6.75. The zero-order valence-corrected chi connectivity index (χ0v) is 15.2. The number of ether oxygens (including phenoxy) is 1. The first-order valence-electron chi connectivity index (χ1n) is 9.00. The van der Waals surface area contributed by atoms with Gasteiger partial charge in [0.15, 0.2) is 0 Å². The molecule has 3 nitrogen and oxygen atoms in total. The van der Waals surface area contributed by atoms with E-state index in [-0.39, 0.29) is 0 Å². The smallest absolute Gasteiger partial charge is 0.0466 e. The van der Waals surface area contributed by atoms with Crippen LogP contribution in [0.15, 0.2) is 0 Å². The molecule has 0 rings (SSSR count). The molecule has 0 amide bonds. The molecular weight excluding hydrogens is 260 g/mol. The fourth-order valence-corrected chi connectivity index (χ4v) is 2.43. The fourth-order valence-electron chi connectivity index (χ4n) is 2.43. The lowest BCUT2D eigenvalue weighted by Crippen LogP contribution is -2.12. The van der Waals surface area contributed by atoms with Crippen molar-refractivity contribution in [2.24, 2.45) is 0 Å². The Kier molecular flexibility index (Phi) is 16.2. The topological polar surface area (TPSA) is 15.7 Å². The van der Waals surface area contributed by atoms with Gasteiger partial charge in [-0.1, -0.05) is 38.5 Å². The van der Waals surface area contributed by atoms with Crippen molar-refractivity contribution < 1.29 is 4.74 Å². The van der Waals surface area contributed by atoms with Crippen LogP contribution in [0, 0.1) is 0 Å². The molecule has 0 bridgehead atoms. The van der Waals surface area contributed by atoms with Crippen LogP contribution in [0.3, 0.4) is 0 Å². The molecule has 0 radical (unpaired) electrons. The molecule has 0 saturated heterocycles. The van der Waals surface area contributed by atoms with Gasteiger partial charge in [0.2, 0.25) is 0 Å². The molecule has 0 heterocycles. The van der Waals surface area contributed by atoms with Gasteiger partial charge in [-0.05, 0) is 67.0 Å². The van der Waals surface area contributed by atoms with Gasteiger partial charge in [-0.25, -0.2) is 0 Å². The summed E-state index contributed by atoms with van der Waals surface area (Å²) >= 11 is 0. The van der Waals surface area contributed by atoms with Crippen molar-refractivity contribution >= 4 is 0 Å². The van der Waals surface area contributed by atoms with Gasteiger partial charge in [-0.3, -0.25) is 0 Å². The van der Waals surface area contributed by atoms with Crippen molar-refractivity contribution in [1.29, 1.82) is 0 Å². The maximum Gasteiger partial charge on any atom is 0.0466 e. The van der Waals surface area contributed by atoms with Gasteiger partial charge in [0.25, 0.3) is 0 Å². The summed E-state index contributed by atoms with van der Waals surface area (Å²) in [6.07, 6.45) is 13.3. The van der Waals surface area contributed by atoms with Crippen LogP contribution < -0.4 is 0 Å². The first-order chi connectivity index (χ1) is 10.1. The van der Waals surface area contributed by atoms with Crippen LogP contribution in [0.1, 0.15) is 64.2 Å². The molecule has 0 atom stereocenters. The molecule has 21 heavy (non-hydrogen) atoms. The van der Waals surface area contributed by atoms with Gasteiger partial charge in [0, 0.05) is 13.2 Å². The van der Waals surface area contributed by atoms with Crippen LogP contribution in [0.25, 0.3) is 0 Å². The Morgan fingerprint density at radius 2 is 0.810 bits per heavy atom. The molecule has 0 aliphatic heterocycles. The molecule has 0 fully saturated rings. The molecular formula is C18H40N2O. The summed E-state index contributed by atoms with van der Waals surface area (Å²) < 4.78 is 5.71. The van der Waals surface area contributed by atoms with E-state index in [0.29, 0.717) is 0 Å². The zero-order valence-electron chi connectivity index (χ0n) is 15.2. The third-order valence-electron chi connectivity index (χ3n) is 3.79. The maximum atomic E-state index is 5.71. The molecule has 0 aliphatic rings. The monoisotopic (exact) mass is 300 g/mol. The molecule has 0 aliphatic carbocycles. The van der Waals surface area contributed by atoms with Crippen LogP contribution in [0.4, 0.5) is 0 Å². The molecule has 0 N–H and O–H groups in total. The lowest BCUT2D eigenvalue weighted by Gasteiger charge is -2.09. The van der Waals surface area contributed by atoms with Crippen molar-refractivity contribution in [3.63, 3.8) is 0 Å². The first kappa shape index (κ1) is 20.9. The predicted molar refractivity (Wildman–Crippen MR) is 94.1 cm³/mol. The van der Waals surface area contributed by atoms with Crippen molar-refractivity contribution in [3.05, 3.63) is 0 Å². The van der Waals surface area contributed by atoms with Crippen LogP contribution in [0.5, 0.6) is 0 Å². The molecule has 128 valence electrons. The average Bonchev–Trinajstić information content (AvgIpc) is 2.42. The summed E-state index contributed by atoms with van der Waals surface area (Å²) in [4.78, 5) is 4.53. The van der Waals surface area contributed by atoms with Gasteiger partial charge in [-0.2, -0.15) is 0 Å². The lowest BCUT2D eigenvalue weighted by atomic mass is 10.1. The molecule has 0 unspecified atom stereocenters. The normalized spacial score (nSPS) is 11.7. The van der Waals surface area contributed by atoms with Crippen molar-refractivity contribution in [1.82, 2.24) is 9.80 Å². The van der Waals surface area contributed by atoms with E-state index in [1.165, 1.54) is 77.3 Å². The van der Waals surface area contributed by atoms with E-state index in [1.807, 2.05) is 0 Å². The third kappa shape index (κ3) is 19.9. The summed E-state index contributed by atoms with van der Waals surface area (Å²) in [7, 11) is 8.60. The van der Waals surface area contributed by atoms with Gasteiger partial charge in [0.1, 0.15) is 0 Å². The van der Waals surface area contributed by atoms with E-state index in [9.17, 15) is 0 Å². The molecule has 0 aromatic heterocycles. The van der Waals surface area contributed by atoms with Crippen molar-refractivity contribution in [2.45, 2.75) is 64.2 Å². The van der Waals surface area contributed by atoms with E-state index in [1.54, 1.807) is 0 Å². The highest BCUT2D eigenvalue weighted by molar-refractivity contribution is 4.49. The highest BCUT2D eigenvalue weighted by Gasteiger charge is 1.95. The molecule has 0 aromatic rings. The van der Waals surface area contributed by atoms with Gasteiger partial charge < -0.3 is 14.5 Å². The van der Waals surface area contributed by atoms with Gasteiger partial charge in [0.05, 0.1) is 0 Å². The van der Waals surface area contributed by atoms with E-state index < -0.39 is 0 Å². The number of hydrogen-bond donors (Lipinski definition) is 0. The van der Waals surface area contributed by atoms with E-state index in [4.69, 9.17) is 4.74 Å². The number of nitrogens with zero attached hydrogens (tertiary/aromatic N) is 2. The van der Waals surface area contributed by atoms with E-state index >= 15 is 0 Å². The minimum absolute atomic E-state index is 0.967. The zero-order chi connectivity index (χ0) is 15.8. The summed E-state index contributed by atoms with van der Waals surface area (Å²) in [5.74, 6) is 0. The highest BCUT2D eigenvalue weighted by Crippen LogP contribution is 2.06. The summed E-state index contributed by atoms with van der Waals surface area (Å²) in [5.41, 5.74) is 0. The predicted octanol–water partition coefficient (Wildman–Crippen LogP) is 4.03. The molecule has 0 spiro atoms. The summed E-state index contributed by atoms with van der Waals surface area (Å²) in [6, 6.07) is 0. The average molecular weight is 301 g/mol. The van der Waals surface area contributed by atoms with E-state index in [2.05, 4.69) is 38.0 Å². The third-order valence-corrected chi connectivity index (χ3v) is 3.79. The van der Waals surface area contributed by atoms with Gasteiger partial charge >= 0.3 is 0 Å². The van der Waals surface area contributed by atoms with Crippen molar-refractivity contribution in [2.75, 3.05) is 54.5 Å². The second-order valence-electron chi connectivity index (χ2n) is 6.75. The largest absolute Gasteiger partial charge is 0.381 e. The van der Waals surface area contributed by atoms with Crippen LogP contribution in [-0.4, -0.2) is 64.3 Å². The number of unbranched alkanes of at least 4 members (excludes halogenated alkanes) is 8. The minimum Gasteiger partial charge on any atom is -0.381 e. The Morgan fingerprint density at radius 1 is 0.476 bits per heavy atom. The highest BCUT2D eigenvalue weighted by atomic mass is 16.5. The summed E-state index contributed by atoms with van der Waals surface area (Å²) in [5, 5.41) is 0. The fraction of sp³-hybridized carbons (Fsp3) is 1.00. The molecule has 0 aromatic carbocycles. The van der Waals surface area contributed by atoms with E-state index in [0.717, 1.165) is 13.2 Å². The van der Waals surface area contributed by atoms with Crippen LogP contribution in [0.2, 0.25) is 0 Å².